The van der Waals surface area contributed by atoms with Crippen LogP contribution in [0.25, 0.3) is 0 Å². The van der Waals surface area contributed by atoms with E-state index in [9.17, 15) is 35.4 Å². The number of amides is 1. The molecule has 1 aliphatic rings. The minimum absolute atomic E-state index is 0.217. The second kappa shape index (κ2) is 29.1. The average molecular weight is 684 g/mol. The van der Waals surface area contributed by atoms with Gasteiger partial charge in [-0.15, -0.1) is 0 Å². The van der Waals surface area contributed by atoms with Crippen molar-refractivity contribution in [3.05, 3.63) is 36.5 Å². The van der Waals surface area contributed by atoms with Crippen molar-refractivity contribution in [3.63, 3.8) is 0 Å². The fourth-order valence-corrected chi connectivity index (χ4v) is 5.59. The molecule has 7 N–H and O–H groups in total. The molecule has 0 aromatic carbocycles. The first-order valence-corrected chi connectivity index (χ1v) is 18.8. The number of unbranched alkanes of at least 4 members (excludes halogenated alkanes) is 14. The molecule has 0 radical (unpaired) electrons. The lowest BCUT2D eigenvalue weighted by atomic mass is 9.99. The maximum atomic E-state index is 12.8. The number of allylic oxidation sites excluding steroid dienone is 5. The van der Waals surface area contributed by atoms with Gasteiger partial charge < -0.3 is 45.4 Å². The predicted octanol–water partition coefficient (Wildman–Crippen LogP) is 5.13. The Hall–Kier alpha value is -1.63. The van der Waals surface area contributed by atoms with Crippen molar-refractivity contribution in [2.45, 2.75) is 185 Å². The molecule has 0 spiro atoms. The van der Waals surface area contributed by atoms with Gasteiger partial charge in [0, 0.05) is 0 Å². The van der Waals surface area contributed by atoms with Crippen LogP contribution in [0.1, 0.15) is 136 Å². The molecule has 1 heterocycles. The van der Waals surface area contributed by atoms with Crippen molar-refractivity contribution < 1.29 is 44.9 Å². The summed E-state index contributed by atoms with van der Waals surface area (Å²) < 4.78 is 11.0. The molecule has 8 unspecified atom stereocenters. The van der Waals surface area contributed by atoms with E-state index in [2.05, 4.69) is 37.4 Å². The Balaban J connectivity index is 2.59. The molecule has 0 aromatic heterocycles. The van der Waals surface area contributed by atoms with E-state index in [1.165, 1.54) is 77.0 Å². The summed E-state index contributed by atoms with van der Waals surface area (Å²) in [6, 6.07) is -1.01. The Morgan fingerprint density at radius 1 is 0.708 bits per heavy atom. The van der Waals surface area contributed by atoms with Crippen LogP contribution < -0.4 is 5.32 Å². The molecule has 280 valence electrons. The van der Waals surface area contributed by atoms with Gasteiger partial charge in [0.15, 0.2) is 6.29 Å². The van der Waals surface area contributed by atoms with Gasteiger partial charge in [0.2, 0.25) is 5.91 Å². The van der Waals surface area contributed by atoms with Gasteiger partial charge in [-0.25, -0.2) is 0 Å². The van der Waals surface area contributed by atoms with Gasteiger partial charge >= 0.3 is 0 Å². The third-order valence-corrected chi connectivity index (χ3v) is 8.80. The molecule has 0 aliphatic carbocycles. The molecule has 10 heteroatoms. The number of aliphatic hydroxyl groups excluding tert-OH is 6. The smallest absolute Gasteiger partial charge is 0.249 e. The molecule has 0 bridgehead atoms. The quantitative estimate of drug-likeness (QED) is 0.0418. The van der Waals surface area contributed by atoms with Crippen LogP contribution in [0, 0.1) is 0 Å². The van der Waals surface area contributed by atoms with E-state index < -0.39 is 61.5 Å². The Bertz CT molecular complexity index is 865. The van der Waals surface area contributed by atoms with Crippen molar-refractivity contribution in [1.82, 2.24) is 5.32 Å². The summed E-state index contributed by atoms with van der Waals surface area (Å²) in [5, 5.41) is 64.0. The first-order chi connectivity index (χ1) is 23.3. The van der Waals surface area contributed by atoms with Gasteiger partial charge in [-0.2, -0.15) is 0 Å². The normalized spacial score (nSPS) is 23.7. The Labute approximate surface area is 290 Å². The highest BCUT2D eigenvalue weighted by atomic mass is 16.7. The summed E-state index contributed by atoms with van der Waals surface area (Å²) in [6.07, 6.45) is 22.7. The standard InChI is InChI=1S/C38H69NO9/c1-3-5-7-9-11-13-14-15-16-17-18-19-21-22-24-26-31(41)30(29-47-38-36(45)35(44)34(43)33(28-40)48-38)39-37(46)32(42)27-25-23-20-12-10-8-6-4-2/h18-20,23-24,26,30-36,38,40-45H,3-17,21-22,25,27-29H2,1-2H3,(H,39,46)/b19-18+,23-20-,26-24+. The number of nitrogens with one attached hydrogen (secondary N) is 1. The number of carbonyl (C=O) groups excluding carboxylic acids is 1. The molecular formula is C38H69NO9. The first-order valence-electron chi connectivity index (χ1n) is 18.8. The zero-order valence-electron chi connectivity index (χ0n) is 29.8. The lowest BCUT2D eigenvalue weighted by Gasteiger charge is -2.40. The molecule has 8 atom stereocenters. The Morgan fingerprint density at radius 2 is 1.23 bits per heavy atom. The summed E-state index contributed by atoms with van der Waals surface area (Å²) in [6.45, 7) is 3.47. The molecule has 10 nitrogen and oxygen atoms in total. The van der Waals surface area contributed by atoms with Crippen LogP contribution in [0.4, 0.5) is 0 Å². The summed E-state index contributed by atoms with van der Waals surface area (Å²) >= 11 is 0. The van der Waals surface area contributed by atoms with Crippen LogP contribution in [0.2, 0.25) is 0 Å². The molecule has 1 aliphatic heterocycles. The van der Waals surface area contributed by atoms with Gasteiger partial charge in [-0.05, 0) is 51.4 Å². The van der Waals surface area contributed by atoms with Crippen molar-refractivity contribution in [2.24, 2.45) is 0 Å². The highest BCUT2D eigenvalue weighted by Gasteiger charge is 2.44. The Morgan fingerprint density at radius 3 is 1.83 bits per heavy atom. The van der Waals surface area contributed by atoms with Crippen LogP contribution in [0.5, 0.6) is 0 Å². The lowest BCUT2D eigenvalue weighted by molar-refractivity contribution is -0.302. The summed E-state index contributed by atoms with van der Waals surface area (Å²) in [7, 11) is 0. The van der Waals surface area contributed by atoms with Crippen LogP contribution in [-0.4, -0.2) is 98.7 Å². The van der Waals surface area contributed by atoms with E-state index >= 15 is 0 Å². The number of hydrogen-bond acceptors (Lipinski definition) is 9. The molecular weight excluding hydrogens is 614 g/mol. The van der Waals surface area contributed by atoms with Crippen LogP contribution >= 0.6 is 0 Å². The number of rotatable bonds is 29. The molecule has 0 saturated carbocycles. The van der Waals surface area contributed by atoms with Crippen molar-refractivity contribution in [3.8, 4) is 0 Å². The van der Waals surface area contributed by atoms with E-state index in [1.54, 1.807) is 6.08 Å². The van der Waals surface area contributed by atoms with Gasteiger partial charge in [-0.1, -0.05) is 121 Å². The van der Waals surface area contributed by atoms with Crippen LogP contribution in [0.15, 0.2) is 36.5 Å². The molecule has 1 fully saturated rings. The molecule has 48 heavy (non-hydrogen) atoms. The minimum atomic E-state index is -1.62. The summed E-state index contributed by atoms with van der Waals surface area (Å²) in [5.74, 6) is -0.666. The Kier molecular flexibility index (Phi) is 26.9. The maximum Gasteiger partial charge on any atom is 0.249 e. The van der Waals surface area contributed by atoms with E-state index in [1.807, 2.05) is 12.2 Å². The molecule has 0 aromatic rings. The summed E-state index contributed by atoms with van der Waals surface area (Å²) in [4.78, 5) is 12.8. The monoisotopic (exact) mass is 683 g/mol. The lowest BCUT2D eigenvalue weighted by Crippen LogP contribution is -2.60. The number of hydrogen-bond donors (Lipinski definition) is 7. The molecule has 1 amide bonds. The third kappa shape index (κ3) is 20.1. The molecule has 1 rings (SSSR count). The van der Waals surface area contributed by atoms with Gasteiger partial charge in [-0.3, -0.25) is 4.79 Å². The predicted molar refractivity (Wildman–Crippen MR) is 190 cm³/mol. The average Bonchev–Trinajstić information content (AvgIpc) is 3.08. The van der Waals surface area contributed by atoms with E-state index in [-0.39, 0.29) is 13.0 Å². The first kappa shape index (κ1) is 44.4. The number of ether oxygens (including phenoxy) is 2. The van der Waals surface area contributed by atoms with Gasteiger partial charge in [0.05, 0.1) is 25.4 Å². The van der Waals surface area contributed by atoms with Crippen LogP contribution in [0.3, 0.4) is 0 Å². The van der Waals surface area contributed by atoms with Crippen molar-refractivity contribution in [2.75, 3.05) is 13.2 Å². The minimum Gasteiger partial charge on any atom is -0.394 e. The molecule has 1 saturated heterocycles. The third-order valence-electron chi connectivity index (χ3n) is 8.80. The topological polar surface area (TPSA) is 169 Å². The second-order valence-corrected chi connectivity index (χ2v) is 13.1. The highest BCUT2D eigenvalue weighted by molar-refractivity contribution is 5.80. The second-order valence-electron chi connectivity index (χ2n) is 13.1. The fourth-order valence-electron chi connectivity index (χ4n) is 5.59. The number of carbonyl (C=O) groups is 1. The zero-order chi connectivity index (χ0) is 35.4. The largest absolute Gasteiger partial charge is 0.394 e. The highest BCUT2D eigenvalue weighted by Crippen LogP contribution is 2.22. The van der Waals surface area contributed by atoms with E-state index in [4.69, 9.17) is 9.47 Å². The van der Waals surface area contributed by atoms with Gasteiger partial charge in [0.25, 0.3) is 0 Å². The van der Waals surface area contributed by atoms with Crippen LogP contribution in [-0.2, 0) is 14.3 Å². The van der Waals surface area contributed by atoms with Crippen molar-refractivity contribution in [1.29, 1.82) is 0 Å². The fraction of sp³-hybridized carbons (Fsp3) is 0.816. The van der Waals surface area contributed by atoms with E-state index in [0.29, 0.717) is 12.8 Å². The number of aliphatic hydroxyl groups is 6. The zero-order valence-corrected chi connectivity index (χ0v) is 29.8. The van der Waals surface area contributed by atoms with Crippen molar-refractivity contribution >= 4 is 5.91 Å². The maximum absolute atomic E-state index is 12.8. The SMILES string of the molecule is CCCCCC/C=C\CCC(O)C(=O)NC(COC1OC(CO)C(O)C(O)C1O)C(O)/C=C/CC/C=C/CCCCCCCCCCC. The van der Waals surface area contributed by atoms with E-state index in [0.717, 1.165) is 25.7 Å². The summed E-state index contributed by atoms with van der Waals surface area (Å²) in [5.41, 5.74) is 0. The van der Waals surface area contributed by atoms with Gasteiger partial charge in [0.1, 0.15) is 30.5 Å².